The summed E-state index contributed by atoms with van der Waals surface area (Å²) in [4.78, 5) is 82.1. The van der Waals surface area contributed by atoms with Crippen LogP contribution < -0.4 is 60.6 Å². The third-order valence-corrected chi connectivity index (χ3v) is 14.8. The van der Waals surface area contributed by atoms with Crippen molar-refractivity contribution in [3.8, 4) is 23.0 Å². The Morgan fingerprint density at radius 2 is 1.21 bits per heavy atom. The van der Waals surface area contributed by atoms with Crippen molar-refractivity contribution in [2.45, 2.75) is 74.9 Å². The van der Waals surface area contributed by atoms with Crippen molar-refractivity contribution in [1.29, 1.82) is 0 Å². The van der Waals surface area contributed by atoms with E-state index in [1.807, 2.05) is 43.0 Å². The van der Waals surface area contributed by atoms with Gasteiger partial charge in [0.25, 0.3) is 21.9 Å². The number of hydrogen-bond acceptors (Lipinski definition) is 15. The molecule has 0 saturated carbocycles. The topological polar surface area (TPSA) is 272 Å². The first-order chi connectivity index (χ1) is 36.8. The molecule has 3 atom stereocenters. The maximum Gasteiger partial charge on any atom is 0.288 e. The van der Waals surface area contributed by atoms with Crippen molar-refractivity contribution >= 4 is 86.6 Å². The van der Waals surface area contributed by atoms with Crippen LogP contribution in [-0.4, -0.2) is 111 Å². The molecule has 404 valence electrons. The molecule has 0 radical (unpaired) electrons. The lowest BCUT2D eigenvalue weighted by Gasteiger charge is -2.27. The number of carbonyl (C=O) groups excluding carboxylic acids is 6. The molecular weight excluding hydrogens is 1030 g/mol. The quantitative estimate of drug-likeness (QED) is 0.0406. The standard InChI is InChI=1S/C54H58N8O13S2/c1-54(2,76)14-13-47(63)56-25-48(64)57-26-49(65)58-27-50(66)59-34-16-30(28-74-45-22-38-36(20-43(45)72-3)52(67)61-35(24-55-38)18-32-9-5-7-11-40(32)61)15-31(17-34)29-75-46-23-39-37(21-44(46)73-4)53(68)62-41-12-8-6-10-33(41)19-42(62)51(60-39)77(69,70)71/h5-12,15-17,20-23,35,42,51,55,60,76H,13-14,18-19,24-29H2,1-4H3,(H,56,63)(H,57,64)(H,58,65)(H,59,66)(H,69,70,71)/t35-,42-,51-/m0/s1. The second kappa shape index (κ2) is 22.3. The first-order valence-corrected chi connectivity index (χ1v) is 26.7. The summed E-state index contributed by atoms with van der Waals surface area (Å²) in [5, 5.41) is 14.9. The lowest BCUT2D eigenvalue weighted by atomic mass is 10.1. The maximum atomic E-state index is 14.3. The summed E-state index contributed by atoms with van der Waals surface area (Å²) in [7, 11) is -1.92. The molecule has 21 nitrogen and oxygen atoms in total. The number of ether oxygens (including phenoxy) is 4. The molecule has 4 aliphatic heterocycles. The zero-order valence-corrected chi connectivity index (χ0v) is 44.3. The molecule has 5 aromatic carbocycles. The minimum atomic E-state index is -4.77. The van der Waals surface area contributed by atoms with E-state index < -0.39 is 58.3 Å². The number of thiol groups is 1. The third-order valence-electron chi connectivity index (χ3n) is 13.5. The zero-order chi connectivity index (χ0) is 54.8. The molecule has 6 amide bonds. The van der Waals surface area contributed by atoms with Crippen molar-refractivity contribution in [3.05, 3.63) is 124 Å². The number of nitrogens with one attached hydrogen (secondary N) is 6. The SMILES string of the molecule is COc1cc2c(cc1OCc1cc(COc3cc4c(cc3OC)C(=O)N3c5ccccc5C[C@H]3[C@H](S(=O)(=O)O)N4)cc(NC(=O)CNC(=O)CNC(=O)CNC(=O)CCC(C)(C)S)c1)NC[C@@H]1Cc3ccccc3N1C2=O. The van der Waals surface area contributed by atoms with Crippen molar-refractivity contribution in [2.24, 2.45) is 0 Å². The molecule has 0 bridgehead atoms. The predicted octanol–water partition coefficient (Wildman–Crippen LogP) is 4.85. The van der Waals surface area contributed by atoms with Crippen LogP contribution in [0.15, 0.2) is 91.0 Å². The molecule has 23 heteroatoms. The Bertz CT molecular complexity index is 3290. The highest BCUT2D eigenvalue weighted by atomic mass is 32.2. The highest BCUT2D eigenvalue weighted by molar-refractivity contribution is 7.86. The fraction of sp³-hybridized carbons (Fsp3) is 0.333. The molecule has 9 rings (SSSR count). The van der Waals surface area contributed by atoms with Gasteiger partial charge in [-0.25, -0.2) is 0 Å². The van der Waals surface area contributed by atoms with E-state index in [0.29, 0.717) is 59.0 Å². The van der Waals surface area contributed by atoms with E-state index in [4.69, 9.17) is 18.9 Å². The summed E-state index contributed by atoms with van der Waals surface area (Å²) < 4.78 is 60.2. The van der Waals surface area contributed by atoms with Crippen molar-refractivity contribution in [2.75, 3.05) is 66.1 Å². The van der Waals surface area contributed by atoms with Crippen LogP contribution in [0.2, 0.25) is 0 Å². The lowest BCUT2D eigenvalue weighted by Crippen LogP contribution is -2.49. The van der Waals surface area contributed by atoms with E-state index in [2.05, 4.69) is 44.5 Å². The number of para-hydroxylation sites is 2. The van der Waals surface area contributed by atoms with Crippen molar-refractivity contribution in [3.63, 3.8) is 0 Å². The van der Waals surface area contributed by atoms with Crippen LogP contribution in [0, 0.1) is 0 Å². The van der Waals surface area contributed by atoms with Crippen LogP contribution in [0.1, 0.15) is 69.7 Å². The Hall–Kier alpha value is -8.02. The molecule has 4 heterocycles. The van der Waals surface area contributed by atoms with Crippen LogP contribution in [0.4, 0.5) is 28.4 Å². The molecule has 0 unspecified atom stereocenters. The third kappa shape index (κ3) is 12.2. The molecule has 5 aromatic rings. The molecular formula is C54H58N8O13S2. The van der Waals surface area contributed by atoms with E-state index in [0.717, 1.165) is 16.8 Å². The summed E-state index contributed by atoms with van der Waals surface area (Å²) >= 11 is 4.40. The summed E-state index contributed by atoms with van der Waals surface area (Å²) in [6.07, 6.45) is 1.54. The molecule has 4 aliphatic rings. The second-order valence-corrected chi connectivity index (χ2v) is 22.4. The van der Waals surface area contributed by atoms with E-state index >= 15 is 0 Å². The lowest BCUT2D eigenvalue weighted by molar-refractivity contribution is -0.128. The van der Waals surface area contributed by atoms with Gasteiger partial charge in [0, 0.05) is 46.9 Å². The number of amides is 6. The fourth-order valence-corrected chi connectivity index (χ4v) is 10.8. The normalized spacial score (nSPS) is 17.0. The van der Waals surface area contributed by atoms with Gasteiger partial charge >= 0.3 is 0 Å². The highest BCUT2D eigenvalue weighted by Gasteiger charge is 2.47. The number of hydrogen-bond donors (Lipinski definition) is 8. The van der Waals surface area contributed by atoms with Crippen LogP contribution >= 0.6 is 12.6 Å². The Morgan fingerprint density at radius 3 is 1.79 bits per heavy atom. The first-order valence-electron chi connectivity index (χ1n) is 24.7. The minimum absolute atomic E-state index is 0.0731. The number of nitrogens with zero attached hydrogens (tertiary/aromatic N) is 2. The van der Waals surface area contributed by atoms with Gasteiger partial charge in [0.15, 0.2) is 28.4 Å². The first kappa shape index (κ1) is 53.8. The molecule has 7 N–H and O–H groups in total. The minimum Gasteiger partial charge on any atom is -0.493 e. The summed E-state index contributed by atoms with van der Waals surface area (Å²) in [6.45, 7) is 2.69. The number of carbonyl (C=O) groups is 6. The molecule has 0 aliphatic carbocycles. The number of anilines is 5. The molecule has 0 fully saturated rings. The van der Waals surface area contributed by atoms with Gasteiger partial charge in [0.2, 0.25) is 23.6 Å². The van der Waals surface area contributed by atoms with Gasteiger partial charge in [-0.05, 0) is 84.0 Å². The number of rotatable bonds is 19. The molecule has 0 spiro atoms. The Kier molecular flexibility index (Phi) is 15.6. The average Bonchev–Trinajstić information content (AvgIpc) is 3.92. The van der Waals surface area contributed by atoms with Gasteiger partial charge in [-0.3, -0.25) is 33.3 Å². The van der Waals surface area contributed by atoms with E-state index in [1.165, 1.54) is 31.3 Å². The maximum absolute atomic E-state index is 14.3. The van der Waals surface area contributed by atoms with Crippen LogP contribution in [0.3, 0.4) is 0 Å². The van der Waals surface area contributed by atoms with E-state index in [9.17, 15) is 41.7 Å². The Balaban J connectivity index is 0.930. The van der Waals surface area contributed by atoms with Gasteiger partial charge in [-0.1, -0.05) is 50.2 Å². The molecule has 0 saturated heterocycles. The number of fused-ring (bicyclic) bond motifs is 8. The summed E-state index contributed by atoms with van der Waals surface area (Å²) in [6, 6.07) is 25.0. The molecule has 0 aromatic heterocycles. The van der Waals surface area contributed by atoms with Crippen LogP contribution in [0.5, 0.6) is 23.0 Å². The smallest absolute Gasteiger partial charge is 0.288 e. The number of benzene rings is 5. The largest absolute Gasteiger partial charge is 0.493 e. The summed E-state index contributed by atoms with van der Waals surface area (Å²) in [5.74, 6) is -2.06. The van der Waals surface area contributed by atoms with Crippen molar-refractivity contribution in [1.82, 2.24) is 16.0 Å². The Labute approximate surface area is 449 Å². The zero-order valence-electron chi connectivity index (χ0n) is 42.6. The second-order valence-electron chi connectivity index (χ2n) is 19.6. The monoisotopic (exact) mass is 1090 g/mol. The number of methoxy groups -OCH3 is 2. The average molecular weight is 1090 g/mol. The predicted molar refractivity (Wildman–Crippen MR) is 290 cm³/mol. The van der Waals surface area contributed by atoms with Gasteiger partial charge in [-0.15, -0.1) is 0 Å². The van der Waals surface area contributed by atoms with Crippen LogP contribution in [-0.2, 0) is 55.4 Å². The van der Waals surface area contributed by atoms with E-state index in [-0.39, 0.29) is 83.6 Å². The van der Waals surface area contributed by atoms with Crippen molar-refractivity contribution < 1.29 is 60.7 Å². The highest BCUT2D eigenvalue weighted by Crippen LogP contribution is 2.44. The summed E-state index contributed by atoms with van der Waals surface area (Å²) in [5.41, 5.74) is 5.63. The van der Waals surface area contributed by atoms with Crippen LogP contribution in [0.25, 0.3) is 0 Å². The van der Waals surface area contributed by atoms with Gasteiger partial charge in [0.05, 0.1) is 68.4 Å². The van der Waals surface area contributed by atoms with Gasteiger partial charge in [0.1, 0.15) is 13.2 Å². The Morgan fingerprint density at radius 1 is 0.688 bits per heavy atom. The van der Waals surface area contributed by atoms with E-state index in [1.54, 1.807) is 54.6 Å². The molecule has 77 heavy (non-hydrogen) atoms. The van der Waals surface area contributed by atoms with Gasteiger partial charge < -0.3 is 60.6 Å². The fourth-order valence-electron chi connectivity index (χ4n) is 9.81. The van der Waals surface area contributed by atoms with Gasteiger partial charge in [-0.2, -0.15) is 21.0 Å².